The minimum absolute atomic E-state index is 0.0877. The van der Waals surface area contributed by atoms with Gasteiger partial charge >= 0.3 is 0 Å². The number of sulfonamides is 1. The second-order valence-corrected chi connectivity index (χ2v) is 7.20. The lowest BCUT2D eigenvalue weighted by molar-refractivity contribution is 0.354. The van der Waals surface area contributed by atoms with E-state index < -0.39 is 10.0 Å². The molecule has 0 atom stereocenters. The van der Waals surface area contributed by atoms with Gasteiger partial charge < -0.3 is 14.0 Å². The molecule has 136 valence electrons. The van der Waals surface area contributed by atoms with Gasteiger partial charge in [-0.05, 0) is 43.3 Å². The SMILES string of the molecule is COc1ccc(S(=O)(=O)Nc2ccc(-n3ccnc3C)cc2)cc1OC. The molecule has 0 radical (unpaired) electrons. The summed E-state index contributed by atoms with van der Waals surface area (Å²) in [6.45, 7) is 1.90. The van der Waals surface area contributed by atoms with Crippen molar-refractivity contribution in [1.82, 2.24) is 9.55 Å². The maximum Gasteiger partial charge on any atom is 0.262 e. The molecule has 0 amide bonds. The third kappa shape index (κ3) is 3.50. The van der Waals surface area contributed by atoms with Crippen LogP contribution in [0.25, 0.3) is 5.69 Å². The topological polar surface area (TPSA) is 82.5 Å². The summed E-state index contributed by atoms with van der Waals surface area (Å²) in [4.78, 5) is 4.26. The van der Waals surface area contributed by atoms with Crippen LogP contribution >= 0.6 is 0 Å². The second-order valence-electron chi connectivity index (χ2n) is 5.51. The van der Waals surface area contributed by atoms with Crippen molar-refractivity contribution in [3.8, 4) is 17.2 Å². The Morgan fingerprint density at radius 2 is 1.69 bits per heavy atom. The maximum absolute atomic E-state index is 12.6. The number of hydrogen-bond donors (Lipinski definition) is 1. The molecule has 0 aliphatic carbocycles. The molecule has 1 heterocycles. The molecule has 2 aromatic carbocycles. The summed E-state index contributed by atoms with van der Waals surface area (Å²) >= 11 is 0. The molecule has 8 heteroatoms. The molecule has 3 aromatic rings. The Balaban J connectivity index is 1.85. The smallest absolute Gasteiger partial charge is 0.262 e. The molecule has 1 aromatic heterocycles. The lowest BCUT2D eigenvalue weighted by Gasteiger charge is -2.12. The lowest BCUT2D eigenvalue weighted by atomic mass is 10.3. The van der Waals surface area contributed by atoms with Gasteiger partial charge in [0.25, 0.3) is 10.0 Å². The summed E-state index contributed by atoms with van der Waals surface area (Å²) in [5, 5.41) is 0. The van der Waals surface area contributed by atoms with Gasteiger partial charge in [-0.15, -0.1) is 0 Å². The Kier molecular flexibility index (Phi) is 4.85. The number of benzene rings is 2. The van der Waals surface area contributed by atoms with Gasteiger partial charge in [0.1, 0.15) is 5.82 Å². The molecule has 0 aliphatic rings. The largest absolute Gasteiger partial charge is 0.493 e. The Bertz CT molecular complexity index is 1010. The van der Waals surface area contributed by atoms with Crippen LogP contribution in [0, 0.1) is 6.92 Å². The van der Waals surface area contributed by atoms with Crippen molar-refractivity contribution < 1.29 is 17.9 Å². The molecule has 1 N–H and O–H groups in total. The summed E-state index contributed by atoms with van der Waals surface area (Å²) in [5.74, 6) is 1.66. The Morgan fingerprint density at radius 3 is 2.27 bits per heavy atom. The van der Waals surface area contributed by atoms with Crippen molar-refractivity contribution in [1.29, 1.82) is 0 Å². The monoisotopic (exact) mass is 373 g/mol. The number of hydrogen-bond acceptors (Lipinski definition) is 5. The van der Waals surface area contributed by atoms with E-state index in [1.165, 1.54) is 26.4 Å². The van der Waals surface area contributed by atoms with Crippen LogP contribution in [0.5, 0.6) is 11.5 Å². The molecule has 0 fully saturated rings. The number of methoxy groups -OCH3 is 2. The zero-order chi connectivity index (χ0) is 18.7. The Labute approximate surface area is 152 Å². The molecule has 0 spiro atoms. The zero-order valence-electron chi connectivity index (χ0n) is 14.6. The van der Waals surface area contributed by atoms with Crippen molar-refractivity contribution in [3.63, 3.8) is 0 Å². The molecule has 0 unspecified atom stereocenters. The number of imidazole rings is 1. The summed E-state index contributed by atoms with van der Waals surface area (Å²) in [7, 11) is -0.800. The van der Waals surface area contributed by atoms with Gasteiger partial charge in [-0.2, -0.15) is 0 Å². The van der Waals surface area contributed by atoms with E-state index in [-0.39, 0.29) is 4.90 Å². The lowest BCUT2D eigenvalue weighted by Crippen LogP contribution is -2.13. The van der Waals surface area contributed by atoms with Gasteiger partial charge in [0.15, 0.2) is 11.5 Å². The Morgan fingerprint density at radius 1 is 1.00 bits per heavy atom. The first-order valence-corrected chi connectivity index (χ1v) is 9.28. The fourth-order valence-corrected chi connectivity index (χ4v) is 3.61. The normalized spacial score (nSPS) is 11.2. The minimum Gasteiger partial charge on any atom is -0.493 e. The second kappa shape index (κ2) is 7.09. The standard InChI is InChI=1S/C18H19N3O4S/c1-13-19-10-11-21(13)15-6-4-14(5-7-15)20-26(22,23)16-8-9-17(24-2)18(12-16)25-3/h4-12,20H,1-3H3. The Hall–Kier alpha value is -3.00. The number of nitrogens with one attached hydrogen (secondary N) is 1. The summed E-state index contributed by atoms with van der Waals surface area (Å²) in [6, 6.07) is 11.5. The molecule has 0 bridgehead atoms. The molecule has 0 saturated heterocycles. The van der Waals surface area contributed by atoms with Crippen LogP contribution in [-0.2, 0) is 10.0 Å². The molecule has 0 saturated carbocycles. The number of ether oxygens (including phenoxy) is 2. The van der Waals surface area contributed by atoms with Crippen molar-refractivity contribution >= 4 is 15.7 Å². The van der Waals surface area contributed by atoms with Crippen molar-refractivity contribution in [2.75, 3.05) is 18.9 Å². The van der Waals surface area contributed by atoms with E-state index in [4.69, 9.17) is 9.47 Å². The van der Waals surface area contributed by atoms with Crippen LogP contribution in [0.1, 0.15) is 5.82 Å². The molecular weight excluding hydrogens is 354 g/mol. The fraction of sp³-hybridized carbons (Fsp3) is 0.167. The first kappa shape index (κ1) is 17.8. The molecule has 7 nitrogen and oxygen atoms in total. The van der Waals surface area contributed by atoms with Crippen molar-refractivity contribution in [2.45, 2.75) is 11.8 Å². The fourth-order valence-electron chi connectivity index (χ4n) is 2.54. The number of aromatic nitrogens is 2. The number of anilines is 1. The van der Waals surface area contributed by atoms with Gasteiger partial charge in [0, 0.05) is 29.8 Å². The van der Waals surface area contributed by atoms with Gasteiger partial charge in [-0.3, -0.25) is 4.72 Å². The van der Waals surface area contributed by atoms with Crippen molar-refractivity contribution in [2.24, 2.45) is 0 Å². The first-order valence-electron chi connectivity index (χ1n) is 7.80. The highest BCUT2D eigenvalue weighted by atomic mass is 32.2. The zero-order valence-corrected chi connectivity index (χ0v) is 15.4. The molecular formula is C18H19N3O4S. The van der Waals surface area contributed by atoms with Crippen LogP contribution in [0.3, 0.4) is 0 Å². The molecule has 0 aliphatic heterocycles. The van der Waals surface area contributed by atoms with Gasteiger partial charge in [0.05, 0.1) is 19.1 Å². The van der Waals surface area contributed by atoms with E-state index in [0.717, 1.165) is 11.5 Å². The van der Waals surface area contributed by atoms with E-state index >= 15 is 0 Å². The van der Waals surface area contributed by atoms with Crippen LogP contribution in [0.4, 0.5) is 5.69 Å². The van der Waals surface area contributed by atoms with E-state index in [0.29, 0.717) is 17.2 Å². The van der Waals surface area contributed by atoms with Crippen molar-refractivity contribution in [3.05, 3.63) is 60.7 Å². The summed E-state index contributed by atoms with van der Waals surface area (Å²) < 4.78 is 40.0. The molecule has 3 rings (SSSR count). The third-order valence-corrected chi connectivity index (χ3v) is 5.27. The quantitative estimate of drug-likeness (QED) is 0.718. The highest BCUT2D eigenvalue weighted by Gasteiger charge is 2.17. The highest BCUT2D eigenvalue weighted by Crippen LogP contribution is 2.30. The first-order chi connectivity index (χ1) is 12.4. The van der Waals surface area contributed by atoms with E-state index in [2.05, 4.69) is 9.71 Å². The van der Waals surface area contributed by atoms with E-state index in [1.807, 2.05) is 29.8 Å². The summed E-state index contributed by atoms with van der Waals surface area (Å²) in [5.41, 5.74) is 1.36. The third-order valence-electron chi connectivity index (χ3n) is 3.89. The average Bonchev–Trinajstić information content (AvgIpc) is 3.07. The minimum atomic E-state index is -3.75. The van der Waals surface area contributed by atoms with Crippen LogP contribution in [-0.4, -0.2) is 32.2 Å². The average molecular weight is 373 g/mol. The van der Waals surface area contributed by atoms with Gasteiger partial charge in [-0.25, -0.2) is 13.4 Å². The number of nitrogens with zero attached hydrogens (tertiary/aromatic N) is 2. The number of rotatable bonds is 6. The van der Waals surface area contributed by atoms with Gasteiger partial charge in [-0.1, -0.05) is 0 Å². The van der Waals surface area contributed by atoms with E-state index in [9.17, 15) is 8.42 Å². The maximum atomic E-state index is 12.6. The van der Waals surface area contributed by atoms with Gasteiger partial charge in [0.2, 0.25) is 0 Å². The highest BCUT2D eigenvalue weighted by molar-refractivity contribution is 7.92. The van der Waals surface area contributed by atoms with Crippen LogP contribution < -0.4 is 14.2 Å². The molecule has 26 heavy (non-hydrogen) atoms. The summed E-state index contributed by atoms with van der Waals surface area (Å²) in [6.07, 6.45) is 3.56. The number of aryl methyl sites for hydroxylation is 1. The van der Waals surface area contributed by atoms with Crippen LogP contribution in [0.2, 0.25) is 0 Å². The van der Waals surface area contributed by atoms with Crippen LogP contribution in [0.15, 0.2) is 59.8 Å². The van der Waals surface area contributed by atoms with E-state index in [1.54, 1.807) is 24.4 Å². The predicted molar refractivity (Wildman–Crippen MR) is 98.7 cm³/mol. The predicted octanol–water partition coefficient (Wildman–Crippen LogP) is 3.00.